The Kier molecular flexibility index (Phi) is 1.81. The highest BCUT2D eigenvalue weighted by atomic mass is 16.5. The summed E-state index contributed by atoms with van der Waals surface area (Å²) in [5, 5.41) is 8.99. The first-order valence-electron chi connectivity index (χ1n) is 5.34. The second-order valence-corrected chi connectivity index (χ2v) is 4.47. The number of anilines is 1. The first-order chi connectivity index (χ1) is 8.02. The van der Waals surface area contributed by atoms with Gasteiger partial charge in [-0.1, -0.05) is 0 Å². The van der Waals surface area contributed by atoms with Gasteiger partial charge in [0.25, 0.3) is 0 Å². The minimum absolute atomic E-state index is 0.204. The van der Waals surface area contributed by atoms with Gasteiger partial charge in [-0.3, -0.25) is 4.79 Å². The Balaban J connectivity index is 2.11. The highest BCUT2D eigenvalue weighted by molar-refractivity contribution is 6.02. The van der Waals surface area contributed by atoms with Crippen molar-refractivity contribution in [1.29, 1.82) is 0 Å². The van der Waals surface area contributed by atoms with Crippen molar-refractivity contribution in [3.05, 3.63) is 12.0 Å². The predicted molar refractivity (Wildman–Crippen MR) is 56.3 cm³/mol. The molecule has 0 aromatic carbocycles. The summed E-state index contributed by atoms with van der Waals surface area (Å²) in [5.74, 6) is -1.30. The predicted octanol–water partition coefficient (Wildman–Crippen LogP) is 1.26. The summed E-state index contributed by atoms with van der Waals surface area (Å²) < 4.78 is 10.7. The smallest absolute Gasteiger partial charge is 0.374 e. The van der Waals surface area contributed by atoms with Crippen molar-refractivity contribution >= 4 is 17.6 Å². The maximum atomic E-state index is 11.6. The number of fused-ring (bicyclic) bond motifs is 1. The number of furan rings is 1. The monoisotopic (exact) mass is 237 g/mol. The average Bonchev–Trinajstić information content (AvgIpc) is 2.86. The van der Waals surface area contributed by atoms with E-state index >= 15 is 0 Å². The van der Waals surface area contributed by atoms with Crippen molar-refractivity contribution in [2.45, 2.75) is 25.4 Å². The molecule has 0 radical (unpaired) electrons. The fourth-order valence-corrected chi connectivity index (χ4v) is 2.12. The number of hydrogen-bond acceptors (Lipinski definition) is 4. The van der Waals surface area contributed by atoms with E-state index in [1.54, 1.807) is 0 Å². The molecule has 1 aliphatic carbocycles. The van der Waals surface area contributed by atoms with Crippen LogP contribution in [0.1, 0.15) is 30.3 Å². The molecule has 3 rings (SSSR count). The summed E-state index contributed by atoms with van der Waals surface area (Å²) in [6.45, 7) is 1.80. The van der Waals surface area contributed by atoms with Crippen molar-refractivity contribution in [2.24, 2.45) is 0 Å². The number of hydrogen-bond donors (Lipinski definition) is 1. The summed E-state index contributed by atoms with van der Waals surface area (Å²) in [6.07, 6.45) is 3.02. The highest BCUT2D eigenvalue weighted by Crippen LogP contribution is 2.50. The quantitative estimate of drug-likeness (QED) is 0.795. The summed E-state index contributed by atoms with van der Waals surface area (Å²) >= 11 is 0. The molecule has 1 aliphatic heterocycles. The number of carboxylic acid groups (broad SMARTS) is 1. The van der Waals surface area contributed by atoms with Gasteiger partial charge < -0.3 is 19.2 Å². The molecule has 0 atom stereocenters. The van der Waals surface area contributed by atoms with E-state index < -0.39 is 5.97 Å². The molecule has 90 valence electrons. The Bertz CT molecular complexity index is 514. The number of nitrogens with zero attached hydrogens (tertiary/aromatic N) is 1. The van der Waals surface area contributed by atoms with Crippen molar-refractivity contribution in [3.8, 4) is 5.75 Å². The van der Waals surface area contributed by atoms with E-state index in [1.165, 1.54) is 18.1 Å². The Labute approximate surface area is 96.8 Å². The molecule has 0 bridgehead atoms. The number of rotatable bonds is 1. The topological polar surface area (TPSA) is 80.0 Å². The lowest BCUT2D eigenvalue weighted by Crippen LogP contribution is -2.44. The molecule has 2 aliphatic rings. The van der Waals surface area contributed by atoms with E-state index in [-0.39, 0.29) is 23.0 Å². The second-order valence-electron chi connectivity index (χ2n) is 4.47. The fourth-order valence-electron chi connectivity index (χ4n) is 2.12. The molecule has 6 heteroatoms. The Hall–Kier alpha value is -1.98. The summed E-state index contributed by atoms with van der Waals surface area (Å²) in [5.41, 5.74) is -0.0827. The lowest BCUT2D eigenvalue weighted by Gasteiger charge is -2.32. The van der Waals surface area contributed by atoms with Crippen LogP contribution in [0.15, 0.2) is 10.7 Å². The highest BCUT2D eigenvalue weighted by Gasteiger charge is 2.52. The molecule has 17 heavy (non-hydrogen) atoms. The molecule has 1 N–H and O–H groups in total. The zero-order valence-corrected chi connectivity index (χ0v) is 9.23. The van der Waals surface area contributed by atoms with Gasteiger partial charge in [0.05, 0.1) is 6.54 Å². The van der Waals surface area contributed by atoms with Gasteiger partial charge >= 0.3 is 5.97 Å². The van der Waals surface area contributed by atoms with E-state index in [0.717, 1.165) is 12.8 Å². The van der Waals surface area contributed by atoms with Crippen molar-refractivity contribution in [2.75, 3.05) is 11.4 Å². The van der Waals surface area contributed by atoms with E-state index in [4.69, 9.17) is 14.3 Å². The van der Waals surface area contributed by atoms with Gasteiger partial charge in [-0.05, 0) is 12.8 Å². The minimum Gasteiger partial charge on any atom is -0.480 e. The maximum Gasteiger partial charge on any atom is 0.374 e. The van der Waals surface area contributed by atoms with Crippen LogP contribution in [0, 0.1) is 0 Å². The van der Waals surface area contributed by atoms with Crippen LogP contribution >= 0.6 is 0 Å². The van der Waals surface area contributed by atoms with Crippen LogP contribution in [-0.2, 0) is 4.79 Å². The van der Waals surface area contributed by atoms with Crippen LogP contribution in [0.2, 0.25) is 0 Å². The van der Waals surface area contributed by atoms with Crippen molar-refractivity contribution in [3.63, 3.8) is 0 Å². The first kappa shape index (κ1) is 10.2. The molecule has 1 aromatic heterocycles. The fraction of sp³-hybridized carbons (Fsp3) is 0.455. The van der Waals surface area contributed by atoms with Gasteiger partial charge in [-0.15, -0.1) is 0 Å². The van der Waals surface area contributed by atoms with E-state index in [1.807, 2.05) is 0 Å². The number of carbonyl (C=O) groups is 2. The average molecular weight is 237 g/mol. The van der Waals surface area contributed by atoms with E-state index in [2.05, 4.69) is 0 Å². The second kappa shape index (κ2) is 3.03. The number of aromatic carboxylic acids is 1. The largest absolute Gasteiger partial charge is 0.480 e. The summed E-state index contributed by atoms with van der Waals surface area (Å²) in [6, 6.07) is 0. The van der Waals surface area contributed by atoms with Crippen LogP contribution in [0.25, 0.3) is 0 Å². The third-order valence-corrected chi connectivity index (χ3v) is 3.16. The summed E-state index contributed by atoms with van der Waals surface area (Å²) in [7, 11) is 0. The number of amides is 1. The summed E-state index contributed by atoms with van der Waals surface area (Å²) in [4.78, 5) is 24.0. The van der Waals surface area contributed by atoms with Crippen molar-refractivity contribution in [1.82, 2.24) is 0 Å². The molecule has 0 unspecified atom stereocenters. The third kappa shape index (κ3) is 1.40. The lowest BCUT2D eigenvalue weighted by molar-refractivity contribution is -0.117. The molecule has 1 amide bonds. The Morgan fingerprint density at radius 3 is 2.71 bits per heavy atom. The molecule has 1 saturated carbocycles. The normalized spacial score (nSPS) is 19.7. The SMILES string of the molecule is CC(=O)N1CC2(CC2)Oc2coc(C(=O)O)c21. The van der Waals surface area contributed by atoms with Gasteiger partial charge in [0.15, 0.2) is 5.75 Å². The Morgan fingerprint density at radius 1 is 1.47 bits per heavy atom. The third-order valence-electron chi connectivity index (χ3n) is 3.16. The molecular formula is C11H11NO5. The lowest BCUT2D eigenvalue weighted by atomic mass is 10.2. The maximum absolute atomic E-state index is 11.6. The molecule has 0 saturated heterocycles. The van der Waals surface area contributed by atoms with Gasteiger partial charge in [-0.25, -0.2) is 4.79 Å². The zero-order valence-electron chi connectivity index (χ0n) is 9.23. The van der Waals surface area contributed by atoms with Gasteiger partial charge in [0.2, 0.25) is 11.7 Å². The molecule has 6 nitrogen and oxygen atoms in total. The first-order valence-corrected chi connectivity index (χ1v) is 5.34. The molecule has 1 aromatic rings. The Morgan fingerprint density at radius 2 is 2.18 bits per heavy atom. The molecule has 1 spiro atoms. The van der Waals surface area contributed by atoms with Crippen LogP contribution in [0.5, 0.6) is 5.75 Å². The zero-order chi connectivity index (χ0) is 12.2. The number of carboxylic acids is 1. The van der Waals surface area contributed by atoms with Crippen molar-refractivity contribution < 1.29 is 23.8 Å². The van der Waals surface area contributed by atoms with E-state index in [0.29, 0.717) is 12.3 Å². The molecule has 1 fully saturated rings. The standard InChI is InChI=1S/C11H11NO5/c1-6(13)12-5-11(2-3-11)17-7-4-16-9(8(7)12)10(14)15/h4H,2-3,5H2,1H3,(H,14,15). The van der Waals surface area contributed by atoms with Crippen LogP contribution in [0.4, 0.5) is 5.69 Å². The van der Waals surface area contributed by atoms with Gasteiger partial charge in [0, 0.05) is 6.92 Å². The number of carbonyl (C=O) groups excluding carboxylic acids is 1. The molecular weight excluding hydrogens is 226 g/mol. The van der Waals surface area contributed by atoms with Gasteiger partial charge in [-0.2, -0.15) is 0 Å². The minimum atomic E-state index is -1.20. The number of ether oxygens (including phenoxy) is 1. The van der Waals surface area contributed by atoms with Crippen LogP contribution in [-0.4, -0.2) is 29.1 Å². The van der Waals surface area contributed by atoms with Crippen LogP contribution in [0.3, 0.4) is 0 Å². The molecule has 2 heterocycles. The van der Waals surface area contributed by atoms with Gasteiger partial charge in [0.1, 0.15) is 17.6 Å². The van der Waals surface area contributed by atoms with E-state index in [9.17, 15) is 9.59 Å². The van der Waals surface area contributed by atoms with Crippen LogP contribution < -0.4 is 9.64 Å².